The zero-order valence-electron chi connectivity index (χ0n) is 9.24. The SMILES string of the molecule is O=C(CC1CCCCO1)NCc1cnc[nH]1. The van der Waals surface area contributed by atoms with Crippen molar-refractivity contribution in [3.63, 3.8) is 0 Å². The molecule has 16 heavy (non-hydrogen) atoms. The lowest BCUT2D eigenvalue weighted by molar-refractivity contribution is -0.125. The molecule has 5 heteroatoms. The summed E-state index contributed by atoms with van der Waals surface area (Å²) in [6.45, 7) is 1.30. The van der Waals surface area contributed by atoms with Gasteiger partial charge in [0.25, 0.3) is 0 Å². The van der Waals surface area contributed by atoms with Gasteiger partial charge < -0.3 is 15.0 Å². The predicted octanol–water partition coefficient (Wildman–Crippen LogP) is 0.985. The van der Waals surface area contributed by atoms with Crippen LogP contribution in [0.2, 0.25) is 0 Å². The highest BCUT2D eigenvalue weighted by Crippen LogP contribution is 2.15. The monoisotopic (exact) mass is 223 g/mol. The molecule has 1 aliphatic heterocycles. The number of hydrogen-bond acceptors (Lipinski definition) is 3. The summed E-state index contributed by atoms with van der Waals surface area (Å²) in [5.41, 5.74) is 0.915. The van der Waals surface area contributed by atoms with E-state index in [-0.39, 0.29) is 12.0 Å². The Morgan fingerprint density at radius 1 is 1.62 bits per heavy atom. The van der Waals surface area contributed by atoms with Crippen LogP contribution in [-0.4, -0.2) is 28.6 Å². The normalized spacial score (nSPS) is 20.6. The van der Waals surface area contributed by atoms with Gasteiger partial charge in [0.2, 0.25) is 5.91 Å². The topological polar surface area (TPSA) is 67.0 Å². The van der Waals surface area contributed by atoms with Crippen molar-refractivity contribution in [1.82, 2.24) is 15.3 Å². The van der Waals surface area contributed by atoms with E-state index in [1.807, 2.05) is 0 Å². The van der Waals surface area contributed by atoms with Crippen molar-refractivity contribution in [3.8, 4) is 0 Å². The number of nitrogens with zero attached hydrogens (tertiary/aromatic N) is 1. The second-order valence-corrected chi connectivity index (χ2v) is 4.05. The Bertz CT molecular complexity index is 318. The lowest BCUT2D eigenvalue weighted by Gasteiger charge is -2.21. The molecule has 0 aromatic carbocycles. The van der Waals surface area contributed by atoms with Crippen molar-refractivity contribution < 1.29 is 9.53 Å². The first-order valence-electron chi connectivity index (χ1n) is 5.70. The number of ether oxygens (including phenoxy) is 1. The quantitative estimate of drug-likeness (QED) is 0.799. The Morgan fingerprint density at radius 3 is 3.25 bits per heavy atom. The molecule has 2 heterocycles. The molecule has 0 bridgehead atoms. The highest BCUT2D eigenvalue weighted by atomic mass is 16.5. The summed E-state index contributed by atoms with van der Waals surface area (Å²) in [7, 11) is 0. The number of imidazole rings is 1. The molecule has 2 rings (SSSR count). The molecular weight excluding hydrogens is 206 g/mol. The number of H-pyrrole nitrogens is 1. The van der Waals surface area contributed by atoms with Crippen LogP contribution in [-0.2, 0) is 16.1 Å². The van der Waals surface area contributed by atoms with Gasteiger partial charge in [-0.05, 0) is 19.3 Å². The molecule has 1 atom stereocenters. The van der Waals surface area contributed by atoms with Gasteiger partial charge in [-0.15, -0.1) is 0 Å². The van der Waals surface area contributed by atoms with Crippen LogP contribution in [0, 0.1) is 0 Å². The molecule has 1 aromatic heterocycles. The van der Waals surface area contributed by atoms with E-state index in [1.165, 1.54) is 6.42 Å². The Hall–Kier alpha value is -1.36. The number of carbonyl (C=O) groups excluding carboxylic acids is 1. The molecule has 1 fully saturated rings. The Morgan fingerprint density at radius 2 is 2.56 bits per heavy atom. The van der Waals surface area contributed by atoms with Crippen molar-refractivity contribution in [3.05, 3.63) is 18.2 Å². The van der Waals surface area contributed by atoms with Gasteiger partial charge in [0.1, 0.15) is 0 Å². The zero-order valence-corrected chi connectivity index (χ0v) is 9.24. The summed E-state index contributed by atoms with van der Waals surface area (Å²) in [5, 5.41) is 2.84. The van der Waals surface area contributed by atoms with Gasteiger partial charge in [0, 0.05) is 12.8 Å². The summed E-state index contributed by atoms with van der Waals surface area (Å²) >= 11 is 0. The number of rotatable bonds is 4. The van der Waals surface area contributed by atoms with Crippen LogP contribution in [0.1, 0.15) is 31.4 Å². The van der Waals surface area contributed by atoms with Crippen LogP contribution in [0.4, 0.5) is 0 Å². The highest BCUT2D eigenvalue weighted by Gasteiger charge is 2.17. The molecule has 1 unspecified atom stereocenters. The van der Waals surface area contributed by atoms with Crippen molar-refractivity contribution in [2.45, 2.75) is 38.3 Å². The van der Waals surface area contributed by atoms with E-state index in [0.717, 1.165) is 25.1 Å². The number of hydrogen-bond donors (Lipinski definition) is 2. The molecule has 1 amide bonds. The third-order valence-electron chi connectivity index (χ3n) is 2.72. The molecular formula is C11H17N3O2. The third kappa shape index (κ3) is 3.34. The number of amides is 1. The third-order valence-corrected chi connectivity index (χ3v) is 2.72. The fourth-order valence-corrected chi connectivity index (χ4v) is 1.82. The zero-order chi connectivity index (χ0) is 11.2. The van der Waals surface area contributed by atoms with Crippen LogP contribution in [0.3, 0.4) is 0 Å². The minimum absolute atomic E-state index is 0.0431. The summed E-state index contributed by atoms with van der Waals surface area (Å²) < 4.78 is 5.50. The maximum atomic E-state index is 11.6. The average molecular weight is 223 g/mol. The molecule has 5 nitrogen and oxygen atoms in total. The van der Waals surface area contributed by atoms with E-state index in [0.29, 0.717) is 13.0 Å². The maximum absolute atomic E-state index is 11.6. The van der Waals surface area contributed by atoms with Gasteiger partial charge in [-0.1, -0.05) is 0 Å². The van der Waals surface area contributed by atoms with E-state index in [4.69, 9.17) is 4.74 Å². The van der Waals surface area contributed by atoms with Crippen LogP contribution < -0.4 is 5.32 Å². The number of nitrogens with one attached hydrogen (secondary N) is 2. The lowest BCUT2D eigenvalue weighted by Crippen LogP contribution is -2.30. The molecule has 1 aliphatic rings. The van der Waals surface area contributed by atoms with E-state index in [9.17, 15) is 4.79 Å². The Balaban J connectivity index is 1.67. The van der Waals surface area contributed by atoms with Crippen LogP contribution in [0.5, 0.6) is 0 Å². The number of aromatic nitrogens is 2. The first-order valence-corrected chi connectivity index (χ1v) is 5.70. The summed E-state index contributed by atoms with van der Waals surface area (Å²) in [4.78, 5) is 18.4. The molecule has 2 N–H and O–H groups in total. The molecule has 0 saturated carbocycles. The first kappa shape index (κ1) is 11.1. The van der Waals surface area contributed by atoms with Gasteiger partial charge in [0.15, 0.2) is 0 Å². The lowest BCUT2D eigenvalue weighted by atomic mass is 10.1. The molecule has 1 saturated heterocycles. The van der Waals surface area contributed by atoms with E-state index in [1.54, 1.807) is 12.5 Å². The smallest absolute Gasteiger partial charge is 0.222 e. The fourth-order valence-electron chi connectivity index (χ4n) is 1.82. The minimum atomic E-state index is 0.0431. The Kier molecular flexibility index (Phi) is 3.93. The molecule has 0 radical (unpaired) electrons. The van der Waals surface area contributed by atoms with E-state index >= 15 is 0 Å². The van der Waals surface area contributed by atoms with Gasteiger partial charge in [-0.25, -0.2) is 4.98 Å². The van der Waals surface area contributed by atoms with Gasteiger partial charge >= 0.3 is 0 Å². The highest BCUT2D eigenvalue weighted by molar-refractivity contribution is 5.76. The first-order chi connectivity index (χ1) is 7.84. The predicted molar refractivity (Wildman–Crippen MR) is 58.6 cm³/mol. The summed E-state index contributed by atoms with van der Waals surface area (Å²) in [6, 6.07) is 0. The largest absolute Gasteiger partial charge is 0.378 e. The van der Waals surface area contributed by atoms with E-state index < -0.39 is 0 Å². The van der Waals surface area contributed by atoms with Crippen LogP contribution >= 0.6 is 0 Å². The van der Waals surface area contributed by atoms with Crippen LogP contribution in [0.25, 0.3) is 0 Å². The van der Waals surface area contributed by atoms with Crippen molar-refractivity contribution in [2.24, 2.45) is 0 Å². The fraction of sp³-hybridized carbons (Fsp3) is 0.636. The molecule has 0 spiro atoms. The average Bonchev–Trinajstić information content (AvgIpc) is 2.81. The molecule has 0 aliphatic carbocycles. The van der Waals surface area contributed by atoms with Gasteiger partial charge in [0.05, 0.1) is 31.1 Å². The second kappa shape index (κ2) is 5.65. The Labute approximate surface area is 94.6 Å². The van der Waals surface area contributed by atoms with Crippen molar-refractivity contribution in [2.75, 3.05) is 6.61 Å². The number of aromatic amines is 1. The van der Waals surface area contributed by atoms with Crippen LogP contribution in [0.15, 0.2) is 12.5 Å². The summed E-state index contributed by atoms with van der Waals surface area (Å²) in [6.07, 6.45) is 7.16. The van der Waals surface area contributed by atoms with Crippen molar-refractivity contribution >= 4 is 5.91 Å². The number of carbonyl (C=O) groups is 1. The second-order valence-electron chi connectivity index (χ2n) is 4.05. The van der Waals surface area contributed by atoms with E-state index in [2.05, 4.69) is 15.3 Å². The maximum Gasteiger partial charge on any atom is 0.222 e. The molecule has 1 aromatic rings. The minimum Gasteiger partial charge on any atom is -0.378 e. The van der Waals surface area contributed by atoms with Gasteiger partial charge in [-0.2, -0.15) is 0 Å². The van der Waals surface area contributed by atoms with Gasteiger partial charge in [-0.3, -0.25) is 4.79 Å². The molecule has 88 valence electrons. The van der Waals surface area contributed by atoms with Crippen molar-refractivity contribution in [1.29, 1.82) is 0 Å². The summed E-state index contributed by atoms with van der Waals surface area (Å²) in [5.74, 6) is 0.0431. The standard InChI is InChI=1S/C11H17N3O2/c15-11(5-10-3-1-2-4-16-10)13-7-9-6-12-8-14-9/h6,8,10H,1-5,7H2,(H,12,14)(H,13,15).